The topological polar surface area (TPSA) is 21.3 Å². The van der Waals surface area contributed by atoms with Gasteiger partial charge < -0.3 is 10.1 Å². The molecule has 1 unspecified atom stereocenters. The van der Waals surface area contributed by atoms with Crippen molar-refractivity contribution >= 4 is 27.5 Å². The predicted molar refractivity (Wildman–Crippen MR) is 68.2 cm³/mol. The second-order valence-electron chi connectivity index (χ2n) is 4.44. The lowest BCUT2D eigenvalue weighted by molar-refractivity contribution is 0.250. The summed E-state index contributed by atoms with van der Waals surface area (Å²) in [4.78, 5) is 0. The molecule has 16 heavy (non-hydrogen) atoms. The van der Waals surface area contributed by atoms with Gasteiger partial charge >= 0.3 is 0 Å². The van der Waals surface area contributed by atoms with E-state index in [0.717, 1.165) is 28.3 Å². The van der Waals surface area contributed by atoms with Crippen molar-refractivity contribution in [2.45, 2.75) is 31.3 Å². The van der Waals surface area contributed by atoms with E-state index in [4.69, 9.17) is 16.3 Å². The van der Waals surface area contributed by atoms with Crippen LogP contribution in [0.4, 0.5) is 0 Å². The molecule has 2 aliphatic rings. The summed E-state index contributed by atoms with van der Waals surface area (Å²) in [5.41, 5.74) is 1.19. The lowest BCUT2D eigenvalue weighted by Crippen LogP contribution is -2.28. The molecule has 0 aromatic heterocycles. The Morgan fingerprint density at radius 3 is 2.88 bits per heavy atom. The Hall–Kier alpha value is -0.250. The number of benzene rings is 1. The lowest BCUT2D eigenvalue weighted by Gasteiger charge is -2.27. The molecule has 1 aromatic rings. The van der Waals surface area contributed by atoms with Crippen LogP contribution < -0.4 is 10.1 Å². The second kappa shape index (κ2) is 4.21. The summed E-state index contributed by atoms with van der Waals surface area (Å²) in [6.07, 6.45) is 3.62. The molecule has 0 bridgehead atoms. The molecule has 4 heteroatoms. The van der Waals surface area contributed by atoms with E-state index >= 15 is 0 Å². The van der Waals surface area contributed by atoms with Gasteiger partial charge in [-0.05, 0) is 40.9 Å². The van der Waals surface area contributed by atoms with Gasteiger partial charge in [-0.3, -0.25) is 0 Å². The van der Waals surface area contributed by atoms with Crippen LogP contribution in [-0.2, 0) is 0 Å². The van der Waals surface area contributed by atoms with Crippen molar-refractivity contribution in [3.05, 3.63) is 27.2 Å². The highest BCUT2D eigenvalue weighted by Crippen LogP contribution is 2.41. The average molecular weight is 303 g/mol. The second-order valence-corrected chi connectivity index (χ2v) is 5.73. The predicted octanol–water partition coefficient (Wildman–Crippen LogP) is 3.68. The van der Waals surface area contributed by atoms with Gasteiger partial charge in [-0.15, -0.1) is 0 Å². The van der Waals surface area contributed by atoms with E-state index in [2.05, 4.69) is 21.2 Å². The molecule has 1 aromatic carbocycles. The van der Waals surface area contributed by atoms with Gasteiger partial charge in [-0.25, -0.2) is 0 Å². The van der Waals surface area contributed by atoms with Crippen LogP contribution in [0.1, 0.15) is 30.9 Å². The third kappa shape index (κ3) is 2.08. The monoisotopic (exact) mass is 301 g/mol. The third-order valence-electron chi connectivity index (χ3n) is 3.08. The van der Waals surface area contributed by atoms with Gasteiger partial charge in [0, 0.05) is 29.1 Å². The van der Waals surface area contributed by atoms with Crippen molar-refractivity contribution in [1.82, 2.24) is 5.32 Å². The van der Waals surface area contributed by atoms with Gasteiger partial charge in [0.1, 0.15) is 5.75 Å². The fraction of sp³-hybridized carbons (Fsp3) is 0.500. The van der Waals surface area contributed by atoms with Gasteiger partial charge in [0.2, 0.25) is 0 Å². The van der Waals surface area contributed by atoms with Crippen LogP contribution in [0, 0.1) is 0 Å². The molecule has 0 radical (unpaired) electrons. The highest BCUT2D eigenvalue weighted by molar-refractivity contribution is 9.10. The Balaban J connectivity index is 1.95. The molecular formula is C12H13BrClNO. The van der Waals surface area contributed by atoms with Gasteiger partial charge in [0.05, 0.1) is 11.1 Å². The maximum atomic E-state index is 6.09. The standard InChI is InChI=1S/C12H13BrClNO/c13-10-6-7(14)5-9-11(15-8-1-2-8)3-4-16-12(9)10/h5-6,8,11,15H,1-4H2. The largest absolute Gasteiger partial charge is 0.492 e. The van der Waals surface area contributed by atoms with Crippen molar-refractivity contribution in [3.8, 4) is 5.75 Å². The molecule has 0 spiro atoms. The molecule has 1 aliphatic heterocycles. The first-order chi connectivity index (χ1) is 7.74. The van der Waals surface area contributed by atoms with Gasteiger partial charge in [0.25, 0.3) is 0 Å². The number of hydrogen-bond donors (Lipinski definition) is 1. The maximum absolute atomic E-state index is 6.09. The number of hydrogen-bond acceptors (Lipinski definition) is 2. The molecule has 1 aliphatic carbocycles. The molecule has 2 nitrogen and oxygen atoms in total. The smallest absolute Gasteiger partial charge is 0.138 e. The van der Waals surface area contributed by atoms with Crippen molar-refractivity contribution in [3.63, 3.8) is 0 Å². The minimum absolute atomic E-state index is 0.395. The summed E-state index contributed by atoms with van der Waals surface area (Å²) in [6.45, 7) is 0.775. The molecule has 1 saturated carbocycles. The lowest BCUT2D eigenvalue weighted by atomic mass is 10.0. The highest BCUT2D eigenvalue weighted by Gasteiger charge is 2.29. The quantitative estimate of drug-likeness (QED) is 0.900. The van der Waals surface area contributed by atoms with E-state index < -0.39 is 0 Å². The first-order valence-electron chi connectivity index (χ1n) is 5.62. The molecule has 3 rings (SSSR count). The third-order valence-corrected chi connectivity index (χ3v) is 3.89. The maximum Gasteiger partial charge on any atom is 0.138 e. The molecule has 1 fully saturated rings. The molecule has 86 valence electrons. The summed E-state index contributed by atoms with van der Waals surface area (Å²) in [5, 5.41) is 4.41. The minimum Gasteiger partial charge on any atom is -0.492 e. The molecule has 1 atom stereocenters. The van der Waals surface area contributed by atoms with E-state index in [-0.39, 0.29) is 0 Å². The molecule has 1 N–H and O–H groups in total. The summed E-state index contributed by atoms with van der Waals surface area (Å²) < 4.78 is 6.65. The number of fused-ring (bicyclic) bond motifs is 1. The van der Waals surface area contributed by atoms with E-state index in [1.165, 1.54) is 18.4 Å². The normalized spacial score (nSPS) is 23.8. The Kier molecular flexibility index (Phi) is 2.86. The summed E-state index contributed by atoms with van der Waals surface area (Å²) in [6, 6.07) is 5.00. The Bertz CT molecular complexity index is 420. The van der Waals surface area contributed by atoms with Crippen LogP contribution >= 0.6 is 27.5 Å². The molecule has 1 heterocycles. The fourth-order valence-electron chi connectivity index (χ4n) is 2.13. The van der Waals surface area contributed by atoms with Crippen molar-refractivity contribution < 1.29 is 4.74 Å². The Labute approximate surface area is 108 Å². The minimum atomic E-state index is 0.395. The summed E-state index contributed by atoms with van der Waals surface area (Å²) in [5.74, 6) is 0.953. The first-order valence-corrected chi connectivity index (χ1v) is 6.79. The zero-order chi connectivity index (χ0) is 11.1. The fourth-order valence-corrected chi connectivity index (χ4v) is 3.08. The average Bonchev–Trinajstić information content (AvgIpc) is 3.03. The first kappa shape index (κ1) is 10.9. The van der Waals surface area contributed by atoms with E-state index in [1.807, 2.05) is 12.1 Å². The van der Waals surface area contributed by atoms with Crippen LogP contribution in [0.3, 0.4) is 0 Å². The number of nitrogens with one attached hydrogen (secondary N) is 1. The van der Waals surface area contributed by atoms with Crippen molar-refractivity contribution in [2.24, 2.45) is 0 Å². The van der Waals surface area contributed by atoms with Gasteiger partial charge in [0.15, 0.2) is 0 Å². The summed E-state index contributed by atoms with van der Waals surface area (Å²) >= 11 is 9.59. The molecular weight excluding hydrogens is 289 g/mol. The highest BCUT2D eigenvalue weighted by atomic mass is 79.9. The van der Waals surface area contributed by atoms with Crippen molar-refractivity contribution in [1.29, 1.82) is 0 Å². The molecule has 0 amide bonds. The number of halogens is 2. The zero-order valence-corrected chi connectivity index (χ0v) is 11.1. The number of ether oxygens (including phenoxy) is 1. The number of rotatable bonds is 2. The van der Waals surface area contributed by atoms with Crippen LogP contribution in [0.5, 0.6) is 5.75 Å². The Morgan fingerprint density at radius 2 is 2.12 bits per heavy atom. The van der Waals surface area contributed by atoms with Gasteiger partial charge in [-0.2, -0.15) is 0 Å². The van der Waals surface area contributed by atoms with Crippen LogP contribution in [0.25, 0.3) is 0 Å². The zero-order valence-electron chi connectivity index (χ0n) is 8.80. The van der Waals surface area contributed by atoms with E-state index in [0.29, 0.717) is 12.1 Å². The van der Waals surface area contributed by atoms with Crippen LogP contribution in [0.15, 0.2) is 16.6 Å². The van der Waals surface area contributed by atoms with Gasteiger partial charge in [-0.1, -0.05) is 11.6 Å². The van der Waals surface area contributed by atoms with Crippen molar-refractivity contribution in [2.75, 3.05) is 6.61 Å². The SMILES string of the molecule is Clc1cc(Br)c2c(c1)C(NC1CC1)CCO2. The van der Waals surface area contributed by atoms with E-state index in [1.54, 1.807) is 0 Å². The van der Waals surface area contributed by atoms with Crippen LogP contribution in [-0.4, -0.2) is 12.6 Å². The van der Waals surface area contributed by atoms with E-state index in [9.17, 15) is 0 Å². The van der Waals surface area contributed by atoms with Crippen LogP contribution in [0.2, 0.25) is 5.02 Å². The Morgan fingerprint density at radius 1 is 1.31 bits per heavy atom. The summed E-state index contributed by atoms with van der Waals surface area (Å²) in [7, 11) is 0. The molecule has 0 saturated heterocycles.